The van der Waals surface area contributed by atoms with E-state index < -0.39 is 0 Å². The molecule has 1 saturated carbocycles. The lowest BCUT2D eigenvalue weighted by Crippen LogP contribution is -2.36. The highest BCUT2D eigenvalue weighted by Crippen LogP contribution is 2.30. The van der Waals surface area contributed by atoms with E-state index in [1.165, 1.54) is 19.3 Å². The van der Waals surface area contributed by atoms with E-state index >= 15 is 0 Å². The number of aromatic nitrogens is 2. The summed E-state index contributed by atoms with van der Waals surface area (Å²) in [5.74, 6) is 3.36. The van der Waals surface area contributed by atoms with Gasteiger partial charge in [0.2, 0.25) is 0 Å². The summed E-state index contributed by atoms with van der Waals surface area (Å²) < 4.78 is 5.81. The summed E-state index contributed by atoms with van der Waals surface area (Å²) in [4.78, 5) is 22.8. The van der Waals surface area contributed by atoms with Crippen molar-refractivity contribution in [1.82, 2.24) is 14.9 Å². The number of aromatic amines is 1. The quantitative estimate of drug-likeness (QED) is 0.924. The fraction of sp³-hybridized carbons (Fsp3) is 0.600. The molecule has 1 aliphatic carbocycles. The topological polar surface area (TPSA) is 62.1 Å². The molecular weight excluding hydrogens is 314 g/mol. The van der Waals surface area contributed by atoms with Crippen LogP contribution in [0.15, 0.2) is 21.3 Å². The molecular formula is C20H27N3O2. The molecule has 5 heteroatoms. The highest BCUT2D eigenvalue weighted by Gasteiger charge is 2.24. The van der Waals surface area contributed by atoms with Crippen LogP contribution < -0.4 is 5.56 Å². The maximum atomic E-state index is 12.6. The van der Waals surface area contributed by atoms with Crippen molar-refractivity contribution in [2.45, 2.75) is 70.9 Å². The molecule has 0 atom stereocenters. The monoisotopic (exact) mass is 341 g/mol. The summed E-state index contributed by atoms with van der Waals surface area (Å²) in [6.45, 7) is 4.43. The zero-order valence-corrected chi connectivity index (χ0v) is 15.0. The van der Waals surface area contributed by atoms with Crippen LogP contribution in [0.25, 0.3) is 0 Å². The predicted molar refractivity (Wildman–Crippen MR) is 96.6 cm³/mol. The van der Waals surface area contributed by atoms with Crippen molar-refractivity contribution in [3.8, 4) is 0 Å². The highest BCUT2D eigenvalue weighted by atomic mass is 16.3. The SMILES string of the molecule is CCc1ccc(CN2CCc3nc(C4CCCCC4)[nH]c(=O)c3C2)o1. The fourth-order valence-corrected chi connectivity index (χ4v) is 4.12. The first kappa shape index (κ1) is 16.6. The van der Waals surface area contributed by atoms with E-state index in [2.05, 4.69) is 16.8 Å². The minimum Gasteiger partial charge on any atom is -0.465 e. The van der Waals surface area contributed by atoms with Crippen LogP contribution in [0.3, 0.4) is 0 Å². The molecule has 1 fully saturated rings. The van der Waals surface area contributed by atoms with Crippen LogP contribution in [-0.4, -0.2) is 21.4 Å². The number of hydrogen-bond acceptors (Lipinski definition) is 4. The first-order valence-electron chi connectivity index (χ1n) is 9.65. The molecule has 0 saturated heterocycles. The normalized spacial score (nSPS) is 19.1. The van der Waals surface area contributed by atoms with Gasteiger partial charge in [0.1, 0.15) is 17.3 Å². The molecule has 0 spiro atoms. The number of H-pyrrole nitrogens is 1. The highest BCUT2D eigenvalue weighted by molar-refractivity contribution is 5.22. The molecule has 5 nitrogen and oxygen atoms in total. The van der Waals surface area contributed by atoms with Crippen molar-refractivity contribution in [2.24, 2.45) is 0 Å². The number of furan rings is 1. The Hall–Kier alpha value is -1.88. The third kappa shape index (κ3) is 3.56. The minimum absolute atomic E-state index is 0.0592. The minimum atomic E-state index is 0.0592. The van der Waals surface area contributed by atoms with Crippen LogP contribution >= 0.6 is 0 Å². The number of hydrogen-bond donors (Lipinski definition) is 1. The summed E-state index contributed by atoms with van der Waals surface area (Å²) in [7, 11) is 0. The standard InChI is InChI=1S/C20H27N3O2/c1-2-15-8-9-16(25-15)12-23-11-10-18-17(13-23)20(24)22-19(21-18)14-6-4-3-5-7-14/h8-9,14H,2-7,10-13H2,1H3,(H,21,22,24). The number of fused-ring (bicyclic) bond motifs is 1. The van der Waals surface area contributed by atoms with Gasteiger partial charge in [-0.25, -0.2) is 4.98 Å². The second-order valence-electron chi connectivity index (χ2n) is 7.39. The predicted octanol–water partition coefficient (Wildman–Crippen LogP) is 3.53. The van der Waals surface area contributed by atoms with E-state index in [1.807, 2.05) is 12.1 Å². The molecule has 0 aromatic carbocycles. The van der Waals surface area contributed by atoms with E-state index in [1.54, 1.807) is 0 Å². The zero-order chi connectivity index (χ0) is 17.2. The van der Waals surface area contributed by atoms with Gasteiger partial charge in [-0.3, -0.25) is 9.69 Å². The molecule has 1 aliphatic heterocycles. The first-order chi connectivity index (χ1) is 12.2. The smallest absolute Gasteiger partial charge is 0.255 e. The van der Waals surface area contributed by atoms with E-state index in [4.69, 9.17) is 9.40 Å². The molecule has 0 unspecified atom stereocenters. The van der Waals surface area contributed by atoms with E-state index in [0.29, 0.717) is 12.5 Å². The van der Waals surface area contributed by atoms with Gasteiger partial charge in [0.15, 0.2) is 0 Å². The van der Waals surface area contributed by atoms with Crippen LogP contribution in [-0.2, 0) is 25.9 Å². The third-order valence-electron chi connectivity index (χ3n) is 5.60. The second-order valence-corrected chi connectivity index (χ2v) is 7.39. The molecule has 1 N–H and O–H groups in total. The molecule has 0 radical (unpaired) electrons. The van der Waals surface area contributed by atoms with Crippen molar-refractivity contribution >= 4 is 0 Å². The lowest BCUT2D eigenvalue weighted by molar-refractivity contribution is 0.220. The van der Waals surface area contributed by atoms with Crippen LogP contribution in [0.2, 0.25) is 0 Å². The molecule has 0 amide bonds. The van der Waals surface area contributed by atoms with Crippen molar-refractivity contribution in [3.63, 3.8) is 0 Å². The molecule has 25 heavy (non-hydrogen) atoms. The number of rotatable bonds is 4. The molecule has 2 aliphatic rings. The largest absolute Gasteiger partial charge is 0.465 e. The van der Waals surface area contributed by atoms with Gasteiger partial charge in [-0.2, -0.15) is 0 Å². The number of aryl methyl sites for hydroxylation is 1. The Bertz CT molecular complexity index is 786. The average molecular weight is 341 g/mol. The van der Waals surface area contributed by atoms with Gasteiger partial charge >= 0.3 is 0 Å². The van der Waals surface area contributed by atoms with Crippen molar-refractivity contribution in [2.75, 3.05) is 6.54 Å². The van der Waals surface area contributed by atoms with Crippen molar-refractivity contribution in [1.29, 1.82) is 0 Å². The van der Waals surface area contributed by atoms with Crippen LogP contribution in [0, 0.1) is 0 Å². The summed E-state index contributed by atoms with van der Waals surface area (Å²) in [5.41, 5.74) is 1.91. The Morgan fingerprint density at radius 1 is 1.24 bits per heavy atom. The lowest BCUT2D eigenvalue weighted by Gasteiger charge is -2.28. The Morgan fingerprint density at radius 2 is 2.04 bits per heavy atom. The maximum absolute atomic E-state index is 12.6. The second kappa shape index (κ2) is 7.16. The summed E-state index contributed by atoms with van der Waals surface area (Å²) in [6, 6.07) is 4.08. The number of nitrogens with one attached hydrogen (secondary N) is 1. The molecule has 4 rings (SSSR count). The van der Waals surface area contributed by atoms with Crippen LogP contribution in [0.1, 0.15) is 73.5 Å². The third-order valence-corrected chi connectivity index (χ3v) is 5.60. The lowest BCUT2D eigenvalue weighted by atomic mass is 9.88. The fourth-order valence-electron chi connectivity index (χ4n) is 4.12. The van der Waals surface area contributed by atoms with Gasteiger partial charge in [-0.15, -0.1) is 0 Å². The van der Waals surface area contributed by atoms with E-state index in [0.717, 1.165) is 67.4 Å². The van der Waals surface area contributed by atoms with Gasteiger partial charge < -0.3 is 9.40 Å². The Morgan fingerprint density at radius 3 is 2.80 bits per heavy atom. The molecule has 2 aromatic heterocycles. The van der Waals surface area contributed by atoms with E-state index in [-0.39, 0.29) is 5.56 Å². The Kier molecular flexibility index (Phi) is 4.75. The Labute approximate surface area is 148 Å². The van der Waals surface area contributed by atoms with Crippen LogP contribution in [0.5, 0.6) is 0 Å². The zero-order valence-electron chi connectivity index (χ0n) is 15.0. The molecule has 3 heterocycles. The van der Waals surface area contributed by atoms with Gasteiger partial charge in [-0.05, 0) is 25.0 Å². The van der Waals surface area contributed by atoms with Gasteiger partial charge in [0.05, 0.1) is 17.8 Å². The van der Waals surface area contributed by atoms with Gasteiger partial charge in [-0.1, -0.05) is 26.2 Å². The van der Waals surface area contributed by atoms with Crippen molar-refractivity contribution in [3.05, 3.63) is 51.1 Å². The summed E-state index contributed by atoms with van der Waals surface area (Å²) >= 11 is 0. The van der Waals surface area contributed by atoms with Gasteiger partial charge in [0, 0.05) is 31.8 Å². The average Bonchev–Trinajstić information content (AvgIpc) is 3.10. The van der Waals surface area contributed by atoms with Crippen LogP contribution in [0.4, 0.5) is 0 Å². The maximum Gasteiger partial charge on any atom is 0.255 e. The van der Waals surface area contributed by atoms with Gasteiger partial charge in [0.25, 0.3) is 5.56 Å². The Balaban J connectivity index is 1.50. The van der Waals surface area contributed by atoms with Crippen molar-refractivity contribution < 1.29 is 4.42 Å². The molecule has 134 valence electrons. The summed E-state index contributed by atoms with van der Waals surface area (Å²) in [5, 5.41) is 0. The molecule has 0 bridgehead atoms. The first-order valence-corrected chi connectivity index (χ1v) is 9.65. The summed E-state index contributed by atoms with van der Waals surface area (Å²) in [6.07, 6.45) is 7.90. The molecule has 2 aromatic rings. The number of nitrogens with zero attached hydrogens (tertiary/aromatic N) is 2. The van der Waals surface area contributed by atoms with E-state index in [9.17, 15) is 4.79 Å².